The highest BCUT2D eigenvalue weighted by Gasteiger charge is 2.22. The van der Waals surface area contributed by atoms with Gasteiger partial charge in [-0.25, -0.2) is 9.97 Å². The minimum Gasteiger partial charge on any atom is -0.456 e. The van der Waals surface area contributed by atoms with Gasteiger partial charge in [0.2, 0.25) is 0 Å². The van der Waals surface area contributed by atoms with E-state index in [1.54, 1.807) is 18.2 Å². The van der Waals surface area contributed by atoms with Crippen LogP contribution in [0.5, 0.6) is 0 Å². The highest BCUT2D eigenvalue weighted by atomic mass is 16.3. The zero-order valence-electron chi connectivity index (χ0n) is 47.3. The minimum absolute atomic E-state index is 0.0729. The normalized spacial score (nSPS) is 15.9. The number of para-hydroxylation sites is 3. The highest BCUT2D eigenvalue weighted by molar-refractivity contribution is 6.14. The Morgan fingerprint density at radius 1 is 0.439 bits per heavy atom. The summed E-state index contributed by atoms with van der Waals surface area (Å²) in [5.74, 6) is 0.181. The van der Waals surface area contributed by atoms with Crippen molar-refractivity contribution in [2.24, 2.45) is 0 Å². The van der Waals surface area contributed by atoms with Gasteiger partial charge in [-0.15, -0.1) is 0 Å². The molecule has 0 aliphatic rings. The summed E-state index contributed by atoms with van der Waals surface area (Å²) in [6, 6.07) is 10.7. The largest absolute Gasteiger partial charge is 0.456 e. The molecule has 0 unspecified atom stereocenters. The predicted octanol–water partition coefficient (Wildman–Crippen LogP) is 14.4. The molecule has 0 aliphatic carbocycles. The Balaban J connectivity index is 1.20. The van der Waals surface area contributed by atoms with Crippen molar-refractivity contribution in [1.82, 2.24) is 9.97 Å². The van der Waals surface area contributed by atoms with Crippen LogP contribution < -0.4 is 4.90 Å². The summed E-state index contributed by atoms with van der Waals surface area (Å²) >= 11 is 0. The molecule has 0 N–H and O–H groups in total. The molecule has 0 saturated heterocycles. The topological polar surface area (TPSA) is 55.3 Å². The summed E-state index contributed by atoms with van der Waals surface area (Å²) in [6.07, 6.45) is 0. The molecule has 5 nitrogen and oxygen atoms in total. The Kier molecular flexibility index (Phi) is 4.55. The SMILES string of the molecule is [2H]c1c([2H])c([2H])c(-c2c([2H])c([2H])c(N(c3c([2H])c([2H])c([2H])c([2H])c3[2H])c3c([2H])c([2H])c(-c4cc(-c5nc(-c6ccccc6)c6oc7ccccc7c6n5)c5c(c4)oc4ccccc45)c([2H])c3[2H])c([2H])c2[2H])c([2H])c1[2H]. The average Bonchev–Trinajstić information content (AvgIpc) is 3.99. The molecule has 5 heteroatoms. The maximum absolute atomic E-state index is 9.66. The first-order valence-electron chi connectivity index (χ1n) is 26.6. The zero-order chi connectivity index (χ0) is 53.4. The summed E-state index contributed by atoms with van der Waals surface area (Å²) in [5, 5.41) is 1.91. The fraction of sp³-hybridized carbons (Fsp3) is 0. The molecule has 11 aromatic rings. The van der Waals surface area contributed by atoms with Crippen LogP contribution in [0.15, 0.2) is 209 Å². The second-order valence-electron chi connectivity index (χ2n) is 12.8. The first-order valence-corrected chi connectivity index (χ1v) is 17.6. The number of anilines is 3. The van der Waals surface area contributed by atoms with Gasteiger partial charge in [0, 0.05) is 44.3 Å². The Morgan fingerprint density at radius 2 is 1.00 bits per heavy atom. The monoisotopic (exact) mass is 749 g/mol. The van der Waals surface area contributed by atoms with Crippen LogP contribution in [0.2, 0.25) is 0 Å². The van der Waals surface area contributed by atoms with Crippen LogP contribution in [-0.2, 0) is 0 Å². The van der Waals surface area contributed by atoms with E-state index in [1.165, 1.54) is 6.07 Å². The molecule has 0 atom stereocenters. The van der Waals surface area contributed by atoms with Gasteiger partial charge in [0.05, 0.1) is 24.7 Å². The fourth-order valence-electron chi connectivity index (χ4n) is 6.85. The molecule has 268 valence electrons. The third kappa shape index (κ3) is 5.72. The van der Waals surface area contributed by atoms with Crippen molar-refractivity contribution >= 4 is 61.1 Å². The van der Waals surface area contributed by atoms with Gasteiger partial charge in [-0.3, -0.25) is 0 Å². The van der Waals surface area contributed by atoms with Crippen LogP contribution >= 0.6 is 0 Å². The van der Waals surface area contributed by atoms with Crippen molar-refractivity contribution in [1.29, 1.82) is 0 Å². The van der Waals surface area contributed by atoms with E-state index in [-0.39, 0.29) is 22.5 Å². The van der Waals surface area contributed by atoms with Crippen LogP contribution in [0.1, 0.15) is 24.7 Å². The van der Waals surface area contributed by atoms with Crippen LogP contribution in [0.25, 0.3) is 88.9 Å². The summed E-state index contributed by atoms with van der Waals surface area (Å²) in [7, 11) is 0. The van der Waals surface area contributed by atoms with Crippen LogP contribution in [-0.4, -0.2) is 9.97 Å². The first-order chi connectivity index (χ1) is 35.7. The lowest BCUT2D eigenvalue weighted by Gasteiger charge is -2.26. The van der Waals surface area contributed by atoms with Crippen molar-refractivity contribution < 1.29 is 33.5 Å². The van der Waals surface area contributed by atoms with E-state index >= 15 is 0 Å². The van der Waals surface area contributed by atoms with E-state index in [9.17, 15) is 11.0 Å². The van der Waals surface area contributed by atoms with E-state index in [2.05, 4.69) is 0 Å². The summed E-state index contributed by atoms with van der Waals surface area (Å²) in [4.78, 5) is 10.7. The second kappa shape index (κ2) is 13.5. The molecular weight excluding hydrogens is 699 g/mol. The molecule has 0 saturated carbocycles. The maximum Gasteiger partial charge on any atom is 0.180 e. The van der Waals surface area contributed by atoms with Crippen LogP contribution in [0, 0.1) is 0 Å². The van der Waals surface area contributed by atoms with Crippen molar-refractivity contribution in [3.05, 3.63) is 200 Å². The quantitative estimate of drug-likeness (QED) is 0.162. The van der Waals surface area contributed by atoms with E-state index in [0.29, 0.717) is 60.1 Å². The van der Waals surface area contributed by atoms with Gasteiger partial charge in [0.1, 0.15) is 28.0 Å². The Morgan fingerprint density at radius 3 is 1.70 bits per heavy atom. The molecule has 0 fully saturated rings. The van der Waals surface area contributed by atoms with Crippen molar-refractivity contribution in [3.63, 3.8) is 0 Å². The van der Waals surface area contributed by atoms with Gasteiger partial charge in [-0.05, 0) is 88.8 Å². The molecule has 0 spiro atoms. The number of rotatable bonds is 7. The van der Waals surface area contributed by atoms with Gasteiger partial charge in [0.25, 0.3) is 0 Å². The van der Waals surface area contributed by atoms with E-state index in [4.69, 9.17) is 32.5 Å². The molecule has 0 aliphatic heterocycles. The third-order valence-electron chi connectivity index (χ3n) is 9.41. The molecule has 0 radical (unpaired) electrons. The molecule has 3 aromatic heterocycles. The number of nitrogens with zero attached hydrogens (tertiary/aromatic N) is 3. The van der Waals surface area contributed by atoms with Gasteiger partial charge >= 0.3 is 0 Å². The van der Waals surface area contributed by atoms with Gasteiger partial charge in [0.15, 0.2) is 11.4 Å². The third-order valence-corrected chi connectivity index (χ3v) is 9.41. The number of benzene rings is 8. The van der Waals surface area contributed by atoms with Crippen molar-refractivity contribution in [3.8, 4) is 44.9 Å². The molecule has 0 bridgehead atoms. The summed E-state index contributed by atoms with van der Waals surface area (Å²) < 4.78 is 174. The summed E-state index contributed by atoms with van der Waals surface area (Å²) in [6.45, 7) is 0. The van der Waals surface area contributed by atoms with Gasteiger partial charge in [-0.2, -0.15) is 0 Å². The first kappa shape index (κ1) is 19.2. The number of hydrogen-bond acceptors (Lipinski definition) is 5. The molecule has 57 heavy (non-hydrogen) atoms. The van der Waals surface area contributed by atoms with E-state index in [1.807, 2.05) is 66.7 Å². The number of aromatic nitrogens is 2. The number of furan rings is 2. The van der Waals surface area contributed by atoms with Crippen LogP contribution in [0.3, 0.4) is 0 Å². The van der Waals surface area contributed by atoms with Crippen LogP contribution in [0.4, 0.5) is 17.1 Å². The lowest BCUT2D eigenvalue weighted by atomic mass is 9.97. The lowest BCUT2D eigenvalue weighted by Crippen LogP contribution is -2.09. The molecule has 11 rings (SSSR count). The molecule has 0 amide bonds. The molecule has 8 aromatic carbocycles. The number of fused-ring (bicyclic) bond motifs is 6. The highest BCUT2D eigenvalue weighted by Crippen LogP contribution is 2.43. The standard InChI is InChI=1S/C52H33N3O2/c1-4-14-34(15-5-1)35-24-28-40(29-25-35)55(39-18-8-3-9-19-39)41-30-26-36(27-31-41)38-32-44(48-42-20-10-12-22-45(42)56-47(48)33-38)52-53-49(37-16-6-2-7-17-37)51-50(54-52)43-21-11-13-23-46(43)57-51/h1-33H/i1D,3D,4D,5D,8D,9D,14D,15D,18D,19D,24D,25D,26D,27D,28D,29D,30D,31D. The lowest BCUT2D eigenvalue weighted by molar-refractivity contribution is 0.667. The Labute approximate surface area is 354 Å². The van der Waals surface area contributed by atoms with E-state index in [0.717, 1.165) is 0 Å². The second-order valence-corrected chi connectivity index (χ2v) is 12.8. The number of hydrogen-bond donors (Lipinski definition) is 0. The zero-order valence-corrected chi connectivity index (χ0v) is 29.3. The van der Waals surface area contributed by atoms with Crippen molar-refractivity contribution in [2.75, 3.05) is 4.90 Å². The molecular formula is C52H33N3O2. The molecule has 3 heterocycles. The van der Waals surface area contributed by atoms with Gasteiger partial charge in [-0.1, -0.05) is 133 Å². The van der Waals surface area contributed by atoms with E-state index < -0.39 is 137 Å². The maximum atomic E-state index is 9.66. The van der Waals surface area contributed by atoms with Crippen molar-refractivity contribution in [2.45, 2.75) is 0 Å². The minimum atomic E-state index is -1.05. The summed E-state index contributed by atoms with van der Waals surface area (Å²) in [5.41, 5.74) is -0.597. The Bertz CT molecular complexity index is 4200. The average molecular weight is 750 g/mol. The Hall–Kier alpha value is -7.76. The van der Waals surface area contributed by atoms with Gasteiger partial charge < -0.3 is 13.7 Å². The smallest absolute Gasteiger partial charge is 0.180 e. The fourth-order valence-corrected chi connectivity index (χ4v) is 6.85. The predicted molar refractivity (Wildman–Crippen MR) is 233 cm³/mol.